The summed E-state index contributed by atoms with van der Waals surface area (Å²) in [6.07, 6.45) is 6.91. The number of aryl methyl sites for hydroxylation is 3. The molecule has 16 heavy (non-hydrogen) atoms. The second kappa shape index (κ2) is 3.48. The summed E-state index contributed by atoms with van der Waals surface area (Å²) in [6, 6.07) is 9.18. The van der Waals surface area contributed by atoms with Gasteiger partial charge < -0.3 is 0 Å². The van der Waals surface area contributed by atoms with Gasteiger partial charge in [-0.1, -0.05) is 30.4 Å². The molecule has 0 spiro atoms. The van der Waals surface area contributed by atoms with E-state index in [-0.39, 0.29) is 0 Å². The largest absolute Gasteiger partial charge is 0.0836 e. The molecule has 80 valence electrons. The third-order valence-electron chi connectivity index (χ3n) is 3.59. The molecular formula is C16H16. The first kappa shape index (κ1) is 9.65. The first-order valence-corrected chi connectivity index (χ1v) is 5.95. The summed E-state index contributed by atoms with van der Waals surface area (Å²) in [7, 11) is 0. The van der Waals surface area contributed by atoms with Crippen molar-refractivity contribution in [3.63, 3.8) is 0 Å². The van der Waals surface area contributed by atoms with Crippen LogP contribution in [0.1, 0.15) is 28.7 Å². The molecule has 0 unspecified atom stereocenters. The minimum atomic E-state index is 1.18. The van der Waals surface area contributed by atoms with E-state index < -0.39 is 0 Å². The lowest BCUT2D eigenvalue weighted by molar-refractivity contribution is 0.988. The third-order valence-corrected chi connectivity index (χ3v) is 3.59. The Kier molecular flexibility index (Phi) is 2.10. The molecule has 0 amide bonds. The molecular weight excluding hydrogens is 192 g/mol. The van der Waals surface area contributed by atoms with Crippen LogP contribution >= 0.6 is 0 Å². The Morgan fingerprint density at radius 1 is 0.938 bits per heavy atom. The van der Waals surface area contributed by atoms with Crippen molar-refractivity contribution in [3.8, 4) is 0 Å². The molecule has 0 saturated heterocycles. The van der Waals surface area contributed by atoms with Crippen LogP contribution in [0.2, 0.25) is 0 Å². The van der Waals surface area contributed by atoms with E-state index in [1.54, 1.807) is 0 Å². The second-order valence-corrected chi connectivity index (χ2v) is 4.74. The summed E-state index contributed by atoms with van der Waals surface area (Å²) < 4.78 is 0. The highest BCUT2D eigenvalue weighted by atomic mass is 14.1. The van der Waals surface area contributed by atoms with Gasteiger partial charge >= 0.3 is 0 Å². The number of fused-ring (bicyclic) bond motifs is 2. The van der Waals surface area contributed by atoms with E-state index in [2.05, 4.69) is 50.3 Å². The number of rotatable bonds is 0. The van der Waals surface area contributed by atoms with Crippen molar-refractivity contribution in [1.29, 1.82) is 0 Å². The number of hydrogen-bond acceptors (Lipinski definition) is 0. The van der Waals surface area contributed by atoms with E-state index in [9.17, 15) is 0 Å². The lowest BCUT2D eigenvalue weighted by Crippen LogP contribution is -1.95. The molecule has 1 aliphatic rings. The highest BCUT2D eigenvalue weighted by Gasteiger charge is 2.08. The zero-order chi connectivity index (χ0) is 11.1. The summed E-state index contributed by atoms with van der Waals surface area (Å²) in [6.45, 7) is 4.40. The van der Waals surface area contributed by atoms with Crippen LogP contribution in [0.3, 0.4) is 0 Å². The van der Waals surface area contributed by atoms with Crippen LogP contribution in [0.4, 0.5) is 0 Å². The van der Waals surface area contributed by atoms with E-state index >= 15 is 0 Å². The van der Waals surface area contributed by atoms with Gasteiger partial charge in [-0.25, -0.2) is 0 Å². The van der Waals surface area contributed by atoms with Gasteiger partial charge in [-0.2, -0.15) is 0 Å². The highest BCUT2D eigenvalue weighted by molar-refractivity contribution is 5.91. The SMILES string of the molecule is Cc1ccc(C)c2cc3c(cc12)C=CCC3. The molecule has 3 rings (SSSR count). The maximum absolute atomic E-state index is 2.39. The lowest BCUT2D eigenvalue weighted by atomic mass is 9.91. The van der Waals surface area contributed by atoms with Crippen LogP contribution in [0.25, 0.3) is 16.8 Å². The van der Waals surface area contributed by atoms with Gasteiger partial charge in [0.1, 0.15) is 0 Å². The Morgan fingerprint density at radius 3 is 2.38 bits per heavy atom. The molecule has 2 aromatic carbocycles. The molecule has 0 nitrogen and oxygen atoms in total. The molecule has 0 N–H and O–H groups in total. The molecule has 0 heteroatoms. The minimum absolute atomic E-state index is 1.18. The fraction of sp³-hybridized carbons (Fsp3) is 0.250. The summed E-state index contributed by atoms with van der Waals surface area (Å²) in [5.41, 5.74) is 5.68. The Balaban J connectivity index is 2.40. The molecule has 0 bridgehead atoms. The van der Waals surface area contributed by atoms with Crippen molar-refractivity contribution < 1.29 is 0 Å². The van der Waals surface area contributed by atoms with Crippen LogP contribution in [0.5, 0.6) is 0 Å². The standard InChI is InChI=1S/C16H16/c1-11-7-8-12(2)16-10-14-6-4-3-5-13(14)9-15(11)16/h3,5,7-10H,4,6H2,1-2H3. The first-order chi connectivity index (χ1) is 7.75. The van der Waals surface area contributed by atoms with Crippen LogP contribution in [0, 0.1) is 13.8 Å². The second-order valence-electron chi connectivity index (χ2n) is 4.74. The Labute approximate surface area is 96.6 Å². The molecule has 0 aromatic heterocycles. The van der Waals surface area contributed by atoms with Gasteiger partial charge in [-0.05, 0) is 65.8 Å². The van der Waals surface area contributed by atoms with Gasteiger partial charge in [0.05, 0.1) is 0 Å². The average Bonchev–Trinajstić information content (AvgIpc) is 2.32. The van der Waals surface area contributed by atoms with E-state index in [0.29, 0.717) is 0 Å². The third kappa shape index (κ3) is 1.37. The first-order valence-electron chi connectivity index (χ1n) is 5.95. The molecule has 2 aromatic rings. The number of allylic oxidation sites excluding steroid dienone is 1. The zero-order valence-corrected chi connectivity index (χ0v) is 9.88. The van der Waals surface area contributed by atoms with Crippen molar-refractivity contribution in [3.05, 3.63) is 52.6 Å². The molecule has 1 aliphatic carbocycles. The normalized spacial score (nSPS) is 14.1. The predicted molar refractivity (Wildman–Crippen MR) is 70.8 cm³/mol. The Hall–Kier alpha value is -1.56. The Bertz CT molecular complexity index is 589. The van der Waals surface area contributed by atoms with Crippen LogP contribution in [0.15, 0.2) is 30.3 Å². The number of hydrogen-bond donors (Lipinski definition) is 0. The molecule has 0 aliphatic heterocycles. The van der Waals surface area contributed by atoms with Crippen molar-refractivity contribution in [2.45, 2.75) is 26.7 Å². The van der Waals surface area contributed by atoms with E-state index in [4.69, 9.17) is 0 Å². The fourth-order valence-corrected chi connectivity index (χ4v) is 2.56. The smallest absolute Gasteiger partial charge is 0.0146 e. The van der Waals surface area contributed by atoms with Gasteiger partial charge in [0.15, 0.2) is 0 Å². The quantitative estimate of drug-likeness (QED) is 0.601. The maximum atomic E-state index is 2.39. The molecule has 0 atom stereocenters. The fourth-order valence-electron chi connectivity index (χ4n) is 2.56. The van der Waals surface area contributed by atoms with Gasteiger partial charge in [0.2, 0.25) is 0 Å². The summed E-state index contributed by atoms with van der Waals surface area (Å²) in [5.74, 6) is 0. The van der Waals surface area contributed by atoms with Crippen LogP contribution in [-0.4, -0.2) is 0 Å². The zero-order valence-electron chi connectivity index (χ0n) is 9.88. The van der Waals surface area contributed by atoms with Gasteiger partial charge in [-0.3, -0.25) is 0 Å². The van der Waals surface area contributed by atoms with Crippen LogP contribution < -0.4 is 0 Å². The van der Waals surface area contributed by atoms with E-state index in [0.717, 1.165) is 0 Å². The van der Waals surface area contributed by atoms with Crippen molar-refractivity contribution >= 4 is 16.8 Å². The maximum Gasteiger partial charge on any atom is -0.0146 e. The van der Waals surface area contributed by atoms with Gasteiger partial charge in [0.25, 0.3) is 0 Å². The van der Waals surface area contributed by atoms with Crippen molar-refractivity contribution in [2.24, 2.45) is 0 Å². The summed E-state index contributed by atoms with van der Waals surface area (Å²) in [5, 5.41) is 2.83. The summed E-state index contributed by atoms with van der Waals surface area (Å²) in [4.78, 5) is 0. The molecule has 0 heterocycles. The summed E-state index contributed by atoms with van der Waals surface area (Å²) >= 11 is 0. The molecule has 0 saturated carbocycles. The molecule has 0 radical (unpaired) electrons. The lowest BCUT2D eigenvalue weighted by Gasteiger charge is -2.14. The average molecular weight is 208 g/mol. The minimum Gasteiger partial charge on any atom is -0.0836 e. The van der Waals surface area contributed by atoms with E-state index in [1.807, 2.05) is 0 Å². The van der Waals surface area contributed by atoms with Crippen LogP contribution in [-0.2, 0) is 6.42 Å². The number of benzene rings is 2. The van der Waals surface area contributed by atoms with Gasteiger partial charge in [-0.15, -0.1) is 0 Å². The topological polar surface area (TPSA) is 0 Å². The van der Waals surface area contributed by atoms with Gasteiger partial charge in [0, 0.05) is 0 Å². The Morgan fingerprint density at radius 2 is 1.62 bits per heavy atom. The molecule has 0 fully saturated rings. The highest BCUT2D eigenvalue weighted by Crippen LogP contribution is 2.29. The van der Waals surface area contributed by atoms with E-state index in [1.165, 1.54) is 45.9 Å². The monoisotopic (exact) mass is 208 g/mol. The predicted octanol–water partition coefficient (Wildman–Crippen LogP) is 4.42. The van der Waals surface area contributed by atoms with Crippen molar-refractivity contribution in [2.75, 3.05) is 0 Å². The van der Waals surface area contributed by atoms with Crippen molar-refractivity contribution in [1.82, 2.24) is 0 Å².